The molecule has 2 fully saturated rings. The standard InChI is InChI=1S/C13H27N3/c1-2-16-8-7-11(10-16)13(14)9-15-12-5-3-4-6-12/h11-13,15H,2-10,14H2,1H3. The van der Waals surface area contributed by atoms with Gasteiger partial charge >= 0.3 is 0 Å². The van der Waals surface area contributed by atoms with Crippen molar-refractivity contribution in [2.45, 2.75) is 51.1 Å². The van der Waals surface area contributed by atoms with Gasteiger partial charge in [0, 0.05) is 25.2 Å². The molecular weight excluding hydrogens is 198 g/mol. The summed E-state index contributed by atoms with van der Waals surface area (Å²) in [6.45, 7) is 6.90. The smallest absolute Gasteiger partial charge is 0.0206 e. The Morgan fingerprint density at radius 1 is 1.31 bits per heavy atom. The Morgan fingerprint density at radius 2 is 2.06 bits per heavy atom. The third kappa shape index (κ3) is 3.19. The van der Waals surface area contributed by atoms with Crippen LogP contribution in [0.2, 0.25) is 0 Å². The Labute approximate surface area is 99.8 Å². The molecule has 3 nitrogen and oxygen atoms in total. The van der Waals surface area contributed by atoms with Crippen LogP contribution in [0.4, 0.5) is 0 Å². The normalized spacial score (nSPS) is 30.0. The summed E-state index contributed by atoms with van der Waals surface area (Å²) in [5, 5.41) is 3.65. The third-order valence-electron chi connectivity index (χ3n) is 4.36. The summed E-state index contributed by atoms with van der Waals surface area (Å²) in [5.74, 6) is 0.717. The monoisotopic (exact) mass is 225 g/mol. The predicted octanol–water partition coefficient (Wildman–Crippen LogP) is 1.19. The summed E-state index contributed by atoms with van der Waals surface area (Å²) in [7, 11) is 0. The highest BCUT2D eigenvalue weighted by atomic mass is 15.1. The van der Waals surface area contributed by atoms with Gasteiger partial charge in [-0.2, -0.15) is 0 Å². The summed E-state index contributed by atoms with van der Waals surface area (Å²) in [6.07, 6.45) is 6.82. The van der Waals surface area contributed by atoms with Crippen LogP contribution in [0.5, 0.6) is 0 Å². The van der Waals surface area contributed by atoms with Crippen LogP contribution in [0.15, 0.2) is 0 Å². The lowest BCUT2D eigenvalue weighted by atomic mass is 9.99. The van der Waals surface area contributed by atoms with E-state index in [1.165, 1.54) is 51.7 Å². The van der Waals surface area contributed by atoms with E-state index in [4.69, 9.17) is 5.73 Å². The molecule has 1 heterocycles. The minimum Gasteiger partial charge on any atom is -0.326 e. The van der Waals surface area contributed by atoms with Crippen molar-refractivity contribution in [2.24, 2.45) is 11.7 Å². The van der Waals surface area contributed by atoms with E-state index in [-0.39, 0.29) is 0 Å². The van der Waals surface area contributed by atoms with Gasteiger partial charge < -0.3 is 16.0 Å². The van der Waals surface area contributed by atoms with Gasteiger partial charge in [-0.15, -0.1) is 0 Å². The van der Waals surface area contributed by atoms with E-state index in [0.29, 0.717) is 12.0 Å². The quantitative estimate of drug-likeness (QED) is 0.738. The second kappa shape index (κ2) is 5.99. The molecule has 2 aliphatic rings. The van der Waals surface area contributed by atoms with Gasteiger partial charge in [-0.3, -0.25) is 0 Å². The number of hydrogen-bond donors (Lipinski definition) is 2. The summed E-state index contributed by atoms with van der Waals surface area (Å²) in [5.41, 5.74) is 6.28. The largest absolute Gasteiger partial charge is 0.326 e. The van der Waals surface area contributed by atoms with Gasteiger partial charge in [0.15, 0.2) is 0 Å². The van der Waals surface area contributed by atoms with Crippen molar-refractivity contribution in [1.82, 2.24) is 10.2 Å². The molecule has 0 amide bonds. The van der Waals surface area contributed by atoms with Gasteiger partial charge in [-0.1, -0.05) is 19.8 Å². The van der Waals surface area contributed by atoms with Gasteiger partial charge in [0.1, 0.15) is 0 Å². The zero-order chi connectivity index (χ0) is 11.4. The zero-order valence-corrected chi connectivity index (χ0v) is 10.6. The molecule has 0 aromatic heterocycles. The number of rotatable bonds is 5. The van der Waals surface area contributed by atoms with E-state index in [2.05, 4.69) is 17.1 Å². The third-order valence-corrected chi connectivity index (χ3v) is 4.36. The van der Waals surface area contributed by atoms with Gasteiger partial charge in [0.2, 0.25) is 0 Å². The SMILES string of the molecule is CCN1CCC(C(N)CNC2CCCC2)C1. The Bertz CT molecular complexity index is 201. The van der Waals surface area contributed by atoms with E-state index in [0.717, 1.165) is 12.6 Å². The first-order valence-electron chi connectivity index (χ1n) is 7.01. The Morgan fingerprint density at radius 3 is 2.69 bits per heavy atom. The lowest BCUT2D eigenvalue weighted by Crippen LogP contribution is -2.43. The minimum atomic E-state index is 0.358. The number of nitrogens with two attached hydrogens (primary N) is 1. The Balaban J connectivity index is 1.65. The molecule has 1 saturated carbocycles. The second-order valence-corrected chi connectivity index (χ2v) is 5.50. The highest BCUT2D eigenvalue weighted by Gasteiger charge is 2.27. The first-order valence-corrected chi connectivity index (χ1v) is 7.01. The van der Waals surface area contributed by atoms with Crippen LogP contribution in [0, 0.1) is 5.92 Å². The maximum absolute atomic E-state index is 6.28. The number of nitrogens with zero attached hydrogens (tertiary/aromatic N) is 1. The maximum Gasteiger partial charge on any atom is 0.0206 e. The van der Waals surface area contributed by atoms with Crippen LogP contribution >= 0.6 is 0 Å². The molecule has 3 heteroatoms. The zero-order valence-electron chi connectivity index (χ0n) is 10.6. The summed E-state index contributed by atoms with van der Waals surface area (Å²) < 4.78 is 0. The van der Waals surface area contributed by atoms with Crippen molar-refractivity contribution in [2.75, 3.05) is 26.2 Å². The van der Waals surface area contributed by atoms with E-state index in [1.807, 2.05) is 0 Å². The van der Waals surface area contributed by atoms with Crippen LogP contribution in [-0.4, -0.2) is 43.2 Å². The fraction of sp³-hybridized carbons (Fsp3) is 1.00. The lowest BCUT2D eigenvalue weighted by molar-refractivity contribution is 0.321. The predicted molar refractivity (Wildman–Crippen MR) is 68.5 cm³/mol. The lowest BCUT2D eigenvalue weighted by Gasteiger charge is -2.22. The van der Waals surface area contributed by atoms with Crippen LogP contribution in [0.3, 0.4) is 0 Å². The van der Waals surface area contributed by atoms with Crippen molar-refractivity contribution in [3.05, 3.63) is 0 Å². The van der Waals surface area contributed by atoms with Gasteiger partial charge in [0.05, 0.1) is 0 Å². The van der Waals surface area contributed by atoms with Gasteiger partial charge in [-0.05, 0) is 38.3 Å². The van der Waals surface area contributed by atoms with Crippen LogP contribution in [-0.2, 0) is 0 Å². The van der Waals surface area contributed by atoms with Crippen LogP contribution in [0.1, 0.15) is 39.0 Å². The van der Waals surface area contributed by atoms with E-state index in [9.17, 15) is 0 Å². The van der Waals surface area contributed by atoms with E-state index >= 15 is 0 Å². The molecule has 1 saturated heterocycles. The molecule has 1 aliphatic heterocycles. The highest BCUT2D eigenvalue weighted by Crippen LogP contribution is 2.20. The molecule has 0 aromatic rings. The van der Waals surface area contributed by atoms with Crippen molar-refractivity contribution in [3.8, 4) is 0 Å². The molecule has 0 spiro atoms. The molecule has 0 radical (unpaired) electrons. The summed E-state index contributed by atoms with van der Waals surface area (Å²) in [4.78, 5) is 2.51. The molecule has 16 heavy (non-hydrogen) atoms. The van der Waals surface area contributed by atoms with E-state index in [1.54, 1.807) is 0 Å². The summed E-state index contributed by atoms with van der Waals surface area (Å²) in [6, 6.07) is 1.12. The summed E-state index contributed by atoms with van der Waals surface area (Å²) >= 11 is 0. The maximum atomic E-state index is 6.28. The number of likely N-dealkylation sites (tertiary alicyclic amines) is 1. The van der Waals surface area contributed by atoms with Crippen LogP contribution < -0.4 is 11.1 Å². The molecule has 1 aliphatic carbocycles. The van der Waals surface area contributed by atoms with Crippen molar-refractivity contribution < 1.29 is 0 Å². The highest BCUT2D eigenvalue weighted by molar-refractivity contribution is 4.85. The molecular formula is C13H27N3. The first kappa shape index (κ1) is 12.3. The molecule has 94 valence electrons. The fourth-order valence-electron chi connectivity index (χ4n) is 3.10. The molecule has 3 N–H and O–H groups in total. The van der Waals surface area contributed by atoms with Crippen molar-refractivity contribution in [1.29, 1.82) is 0 Å². The minimum absolute atomic E-state index is 0.358. The van der Waals surface area contributed by atoms with E-state index < -0.39 is 0 Å². The van der Waals surface area contributed by atoms with Crippen LogP contribution in [0.25, 0.3) is 0 Å². The molecule has 2 unspecified atom stereocenters. The fourth-order valence-corrected chi connectivity index (χ4v) is 3.10. The van der Waals surface area contributed by atoms with Crippen molar-refractivity contribution in [3.63, 3.8) is 0 Å². The molecule has 0 aromatic carbocycles. The topological polar surface area (TPSA) is 41.3 Å². The Kier molecular flexibility index (Phi) is 4.62. The number of nitrogens with one attached hydrogen (secondary N) is 1. The van der Waals surface area contributed by atoms with Gasteiger partial charge in [0.25, 0.3) is 0 Å². The average molecular weight is 225 g/mol. The molecule has 2 atom stereocenters. The van der Waals surface area contributed by atoms with Gasteiger partial charge in [-0.25, -0.2) is 0 Å². The van der Waals surface area contributed by atoms with Crippen molar-refractivity contribution >= 4 is 0 Å². The molecule has 2 rings (SSSR count). The molecule has 0 bridgehead atoms. The first-order chi connectivity index (χ1) is 7.79. The second-order valence-electron chi connectivity index (χ2n) is 5.50. The number of hydrogen-bond acceptors (Lipinski definition) is 3. The Hall–Kier alpha value is -0.120. The average Bonchev–Trinajstić information content (AvgIpc) is 2.96.